The lowest BCUT2D eigenvalue weighted by Crippen LogP contribution is -2.30. The number of carbonyl (C=O) groups is 1. The summed E-state index contributed by atoms with van der Waals surface area (Å²) in [5, 5.41) is 2.89. The molecule has 0 bridgehead atoms. The van der Waals surface area contributed by atoms with Crippen LogP contribution in [0.3, 0.4) is 0 Å². The van der Waals surface area contributed by atoms with Crippen LogP contribution in [0.1, 0.15) is 21.7 Å². The van der Waals surface area contributed by atoms with Gasteiger partial charge in [-0.3, -0.25) is 9.10 Å². The third-order valence-electron chi connectivity index (χ3n) is 4.50. The average molecular weight is 398 g/mol. The van der Waals surface area contributed by atoms with Gasteiger partial charge in [0.15, 0.2) is 0 Å². The minimum absolute atomic E-state index is 0.295. The number of benzene rings is 2. The minimum atomic E-state index is -3.48. The van der Waals surface area contributed by atoms with Crippen LogP contribution in [-0.4, -0.2) is 37.2 Å². The highest BCUT2D eigenvalue weighted by atomic mass is 32.2. The van der Waals surface area contributed by atoms with Crippen LogP contribution in [0, 0.1) is 6.92 Å². The lowest BCUT2D eigenvalue weighted by Gasteiger charge is -2.20. The van der Waals surface area contributed by atoms with E-state index in [9.17, 15) is 13.2 Å². The lowest BCUT2D eigenvalue weighted by molar-refractivity contribution is 0.0951. The molecule has 0 fully saturated rings. The maximum absolute atomic E-state index is 12.8. The van der Waals surface area contributed by atoms with E-state index in [1.807, 2.05) is 42.0 Å². The zero-order valence-electron chi connectivity index (χ0n) is 16.0. The highest BCUT2D eigenvalue weighted by Crippen LogP contribution is 2.22. The standard InChI is InChI=1S/C20H22N4O3S/c1-15-21-12-13-24(15)18-10-6-4-8-16(18)14-22-20(25)17-9-5-7-11-19(17)23(2)28(3,26)27/h4-13H,14H2,1-3H3,(H,22,25). The van der Waals surface area contributed by atoms with Gasteiger partial charge in [-0.05, 0) is 30.7 Å². The van der Waals surface area contributed by atoms with E-state index in [0.717, 1.165) is 27.6 Å². The zero-order chi connectivity index (χ0) is 20.3. The molecule has 1 aromatic heterocycles. The number of para-hydroxylation sites is 2. The van der Waals surface area contributed by atoms with Crippen LogP contribution in [0.5, 0.6) is 0 Å². The first-order valence-electron chi connectivity index (χ1n) is 8.68. The second kappa shape index (κ2) is 7.85. The Kier molecular flexibility index (Phi) is 5.51. The summed E-state index contributed by atoms with van der Waals surface area (Å²) in [5.74, 6) is 0.502. The molecule has 1 heterocycles. The van der Waals surface area contributed by atoms with E-state index in [1.165, 1.54) is 7.05 Å². The van der Waals surface area contributed by atoms with E-state index in [-0.39, 0.29) is 5.91 Å². The number of nitrogens with one attached hydrogen (secondary N) is 1. The summed E-state index contributed by atoms with van der Waals surface area (Å²) < 4.78 is 26.8. The molecular formula is C20H22N4O3S. The molecule has 2 aromatic carbocycles. The Morgan fingerprint density at radius 1 is 1.14 bits per heavy atom. The molecule has 0 saturated carbocycles. The molecule has 3 rings (SSSR count). The van der Waals surface area contributed by atoms with Gasteiger partial charge in [0, 0.05) is 26.0 Å². The number of hydrogen-bond acceptors (Lipinski definition) is 4. The molecule has 0 aliphatic rings. The second-order valence-electron chi connectivity index (χ2n) is 6.40. The van der Waals surface area contributed by atoms with Gasteiger partial charge in [0.25, 0.3) is 5.91 Å². The lowest BCUT2D eigenvalue weighted by atomic mass is 10.1. The molecule has 146 valence electrons. The van der Waals surface area contributed by atoms with E-state index in [4.69, 9.17) is 0 Å². The molecular weight excluding hydrogens is 376 g/mol. The number of sulfonamides is 1. The molecule has 0 saturated heterocycles. The number of anilines is 1. The number of carbonyl (C=O) groups excluding carboxylic acids is 1. The maximum Gasteiger partial charge on any atom is 0.253 e. The number of amides is 1. The van der Waals surface area contributed by atoms with Crippen molar-refractivity contribution in [3.8, 4) is 5.69 Å². The molecule has 0 aliphatic carbocycles. The van der Waals surface area contributed by atoms with Gasteiger partial charge in [-0.1, -0.05) is 30.3 Å². The fraction of sp³-hybridized carbons (Fsp3) is 0.200. The van der Waals surface area contributed by atoms with E-state index >= 15 is 0 Å². The molecule has 0 unspecified atom stereocenters. The smallest absolute Gasteiger partial charge is 0.253 e. The Morgan fingerprint density at radius 2 is 1.82 bits per heavy atom. The number of aryl methyl sites for hydroxylation is 1. The van der Waals surface area contributed by atoms with Crippen molar-refractivity contribution in [2.45, 2.75) is 13.5 Å². The Bertz CT molecular complexity index is 1110. The van der Waals surface area contributed by atoms with Crippen LogP contribution < -0.4 is 9.62 Å². The number of imidazole rings is 1. The van der Waals surface area contributed by atoms with Crippen LogP contribution in [0.4, 0.5) is 5.69 Å². The highest BCUT2D eigenvalue weighted by molar-refractivity contribution is 7.92. The van der Waals surface area contributed by atoms with Crippen molar-refractivity contribution in [3.05, 3.63) is 77.9 Å². The van der Waals surface area contributed by atoms with Crippen molar-refractivity contribution < 1.29 is 13.2 Å². The fourth-order valence-electron chi connectivity index (χ4n) is 2.92. The SMILES string of the molecule is Cc1nccn1-c1ccccc1CNC(=O)c1ccccc1N(C)S(C)(=O)=O. The van der Waals surface area contributed by atoms with Crippen LogP contribution in [0.15, 0.2) is 60.9 Å². The van der Waals surface area contributed by atoms with Crippen LogP contribution in [0.25, 0.3) is 5.69 Å². The zero-order valence-corrected chi connectivity index (χ0v) is 16.8. The normalized spacial score (nSPS) is 11.2. The summed E-state index contributed by atoms with van der Waals surface area (Å²) in [5.41, 5.74) is 2.48. The monoisotopic (exact) mass is 398 g/mol. The summed E-state index contributed by atoms with van der Waals surface area (Å²) in [4.78, 5) is 17.0. The topological polar surface area (TPSA) is 84.3 Å². The first-order valence-corrected chi connectivity index (χ1v) is 10.5. The Hall–Kier alpha value is -3.13. The van der Waals surface area contributed by atoms with E-state index in [1.54, 1.807) is 30.5 Å². The maximum atomic E-state index is 12.8. The molecule has 7 nitrogen and oxygen atoms in total. The molecule has 1 amide bonds. The number of aromatic nitrogens is 2. The van der Waals surface area contributed by atoms with Crippen LogP contribution >= 0.6 is 0 Å². The van der Waals surface area contributed by atoms with Gasteiger partial charge in [0.05, 0.1) is 23.2 Å². The predicted molar refractivity (Wildman–Crippen MR) is 109 cm³/mol. The molecule has 0 radical (unpaired) electrons. The average Bonchev–Trinajstić information content (AvgIpc) is 3.10. The first-order chi connectivity index (χ1) is 13.3. The molecule has 28 heavy (non-hydrogen) atoms. The summed E-state index contributed by atoms with van der Waals surface area (Å²) in [6, 6.07) is 14.4. The Balaban J connectivity index is 1.85. The molecule has 8 heteroatoms. The molecule has 0 spiro atoms. The summed E-state index contributed by atoms with van der Waals surface area (Å²) in [6.07, 6.45) is 4.69. The minimum Gasteiger partial charge on any atom is -0.348 e. The van der Waals surface area contributed by atoms with Gasteiger partial charge in [-0.2, -0.15) is 0 Å². The van der Waals surface area contributed by atoms with Gasteiger partial charge in [0.1, 0.15) is 5.82 Å². The summed E-state index contributed by atoms with van der Waals surface area (Å²) >= 11 is 0. The fourth-order valence-corrected chi connectivity index (χ4v) is 3.43. The van der Waals surface area contributed by atoms with Crippen molar-refractivity contribution >= 4 is 21.6 Å². The van der Waals surface area contributed by atoms with Crippen LogP contribution in [-0.2, 0) is 16.6 Å². The predicted octanol–water partition coefficient (Wildman–Crippen LogP) is 2.51. The quantitative estimate of drug-likeness (QED) is 0.691. The van der Waals surface area contributed by atoms with E-state index in [0.29, 0.717) is 17.8 Å². The van der Waals surface area contributed by atoms with Crippen molar-refractivity contribution in [1.82, 2.24) is 14.9 Å². The molecule has 3 aromatic rings. The summed E-state index contributed by atoms with van der Waals surface area (Å²) in [7, 11) is -2.05. The molecule has 0 aliphatic heterocycles. The van der Waals surface area contributed by atoms with Crippen molar-refractivity contribution in [2.24, 2.45) is 0 Å². The number of nitrogens with zero attached hydrogens (tertiary/aromatic N) is 3. The summed E-state index contributed by atoms with van der Waals surface area (Å²) in [6.45, 7) is 2.20. The van der Waals surface area contributed by atoms with Crippen molar-refractivity contribution in [3.63, 3.8) is 0 Å². The van der Waals surface area contributed by atoms with Crippen molar-refractivity contribution in [1.29, 1.82) is 0 Å². The largest absolute Gasteiger partial charge is 0.348 e. The third kappa shape index (κ3) is 4.07. The van der Waals surface area contributed by atoms with Gasteiger partial charge in [-0.25, -0.2) is 13.4 Å². The van der Waals surface area contributed by atoms with E-state index < -0.39 is 10.0 Å². The third-order valence-corrected chi connectivity index (χ3v) is 5.69. The van der Waals surface area contributed by atoms with Gasteiger partial charge in [-0.15, -0.1) is 0 Å². The number of rotatable bonds is 6. The highest BCUT2D eigenvalue weighted by Gasteiger charge is 2.19. The van der Waals surface area contributed by atoms with Gasteiger partial charge < -0.3 is 9.88 Å². The Labute approximate surface area is 164 Å². The molecule has 0 atom stereocenters. The number of hydrogen-bond donors (Lipinski definition) is 1. The van der Waals surface area contributed by atoms with Crippen LogP contribution in [0.2, 0.25) is 0 Å². The molecule has 1 N–H and O–H groups in total. The van der Waals surface area contributed by atoms with E-state index in [2.05, 4.69) is 10.3 Å². The Morgan fingerprint density at radius 3 is 2.50 bits per heavy atom. The van der Waals surface area contributed by atoms with Crippen molar-refractivity contribution in [2.75, 3.05) is 17.6 Å². The second-order valence-corrected chi connectivity index (χ2v) is 8.42. The van der Waals surface area contributed by atoms with Gasteiger partial charge >= 0.3 is 0 Å². The first kappa shape index (κ1) is 19.6. The van der Waals surface area contributed by atoms with Gasteiger partial charge in [0.2, 0.25) is 10.0 Å².